The Labute approximate surface area is 344 Å². The summed E-state index contributed by atoms with van der Waals surface area (Å²) in [6, 6.07) is -0.729. The zero-order chi connectivity index (χ0) is 41.0. The van der Waals surface area contributed by atoms with Gasteiger partial charge < -0.3 is 20.3 Å². The monoisotopic (exact) mass is 780 g/mol. The molecule has 1 amide bonds. The predicted octanol–water partition coefficient (Wildman–Crippen LogP) is 13.2. The lowest BCUT2D eigenvalue weighted by atomic mass is 10.0. The number of hydrogen-bond donors (Lipinski definition) is 3. The normalized spacial score (nSPS) is 14.2. The molecule has 0 saturated carbocycles. The average Bonchev–Trinajstić information content (AvgIpc) is 3.19. The summed E-state index contributed by atoms with van der Waals surface area (Å²) in [6.07, 6.45) is 55.0. The number of ether oxygens (including phenoxy) is 1. The highest BCUT2D eigenvalue weighted by Gasteiger charge is 2.24. The number of rotatable bonds is 39. The Balaban J connectivity index is 4.76. The molecule has 0 fully saturated rings. The van der Waals surface area contributed by atoms with Crippen molar-refractivity contribution in [1.29, 1.82) is 0 Å². The second-order valence-electron chi connectivity index (χ2n) is 15.2. The van der Waals surface area contributed by atoms with E-state index < -0.39 is 18.2 Å². The van der Waals surface area contributed by atoms with Crippen LogP contribution in [0, 0.1) is 0 Å². The van der Waals surface area contributed by atoms with E-state index >= 15 is 0 Å². The molecular formula is C50H85NO5. The molecule has 0 rings (SSSR count). The highest BCUT2D eigenvalue weighted by molar-refractivity contribution is 5.77. The van der Waals surface area contributed by atoms with Gasteiger partial charge in [0.2, 0.25) is 5.91 Å². The molecule has 0 aliphatic rings. The van der Waals surface area contributed by atoms with E-state index in [1.165, 1.54) is 83.5 Å². The summed E-state index contributed by atoms with van der Waals surface area (Å²) < 4.78 is 5.86. The first kappa shape index (κ1) is 53.0. The third-order valence-electron chi connectivity index (χ3n) is 9.86. The van der Waals surface area contributed by atoms with Gasteiger partial charge in [-0.2, -0.15) is 0 Å². The number of allylic oxidation sites excluding steroid dienone is 14. The topological polar surface area (TPSA) is 95.9 Å². The van der Waals surface area contributed by atoms with Crippen LogP contribution in [0.4, 0.5) is 0 Å². The van der Waals surface area contributed by atoms with E-state index in [0.29, 0.717) is 19.3 Å². The third-order valence-corrected chi connectivity index (χ3v) is 9.86. The zero-order valence-electron chi connectivity index (χ0n) is 36.2. The fourth-order valence-electron chi connectivity index (χ4n) is 6.39. The molecule has 6 heteroatoms. The van der Waals surface area contributed by atoms with Crippen molar-refractivity contribution >= 4 is 11.9 Å². The average molecular weight is 780 g/mol. The first-order chi connectivity index (χ1) is 27.5. The number of unbranched alkanes of at least 4 members (excludes halogenated alkanes) is 18. The van der Waals surface area contributed by atoms with Crippen molar-refractivity contribution < 1.29 is 24.5 Å². The largest absolute Gasteiger partial charge is 0.462 e. The van der Waals surface area contributed by atoms with Gasteiger partial charge in [0.1, 0.15) is 6.10 Å². The Kier molecular flexibility index (Phi) is 40.9. The summed E-state index contributed by atoms with van der Waals surface area (Å²) in [6.45, 7) is 6.24. The van der Waals surface area contributed by atoms with Crippen molar-refractivity contribution in [3.63, 3.8) is 0 Å². The summed E-state index contributed by atoms with van der Waals surface area (Å²) in [4.78, 5) is 26.0. The smallest absolute Gasteiger partial charge is 0.306 e. The minimum absolute atomic E-state index is 0.0193. The van der Waals surface area contributed by atoms with Crippen LogP contribution in [0.5, 0.6) is 0 Å². The number of nitrogens with one attached hydrogen (secondary N) is 1. The number of carbonyl (C=O) groups is 2. The van der Waals surface area contributed by atoms with Gasteiger partial charge in [0.15, 0.2) is 0 Å². The van der Waals surface area contributed by atoms with Gasteiger partial charge >= 0.3 is 5.97 Å². The van der Waals surface area contributed by atoms with E-state index in [-0.39, 0.29) is 24.9 Å². The van der Waals surface area contributed by atoms with Crippen molar-refractivity contribution in [3.8, 4) is 0 Å². The maximum absolute atomic E-state index is 13.1. The fraction of sp³-hybridized carbons (Fsp3) is 0.680. The molecule has 3 unspecified atom stereocenters. The summed E-state index contributed by atoms with van der Waals surface area (Å²) >= 11 is 0. The van der Waals surface area contributed by atoms with Gasteiger partial charge in [-0.05, 0) is 64.2 Å². The van der Waals surface area contributed by atoms with Crippen LogP contribution in [0.25, 0.3) is 0 Å². The molecule has 3 atom stereocenters. The lowest BCUT2D eigenvalue weighted by Crippen LogP contribution is -2.46. The molecule has 0 aliphatic heterocycles. The molecule has 6 nitrogen and oxygen atoms in total. The van der Waals surface area contributed by atoms with Crippen LogP contribution in [0.3, 0.4) is 0 Å². The number of carbonyl (C=O) groups excluding carboxylic acids is 2. The Morgan fingerprint density at radius 2 is 0.982 bits per heavy atom. The third kappa shape index (κ3) is 37.9. The van der Waals surface area contributed by atoms with E-state index in [4.69, 9.17) is 4.74 Å². The summed E-state index contributed by atoms with van der Waals surface area (Å²) in [5.41, 5.74) is 0. The minimum Gasteiger partial charge on any atom is -0.462 e. The number of esters is 1. The van der Waals surface area contributed by atoms with Crippen LogP contribution in [-0.2, 0) is 14.3 Å². The standard InChI is InChI=1S/C50H85NO5/c1-4-7-10-13-16-19-21-23-24-26-28-31-34-37-40-43-50(55)56-46(41-38-35-32-30-27-25-22-20-17-14-11-8-5-2)44-49(54)51-47(45-52)48(53)42-39-36-33-29-18-15-12-9-6-3/h8,11,14,16-17,19-23,25,27,30,32,46-48,52-53H,4-7,9-10,12-13,15,18,24,26,28-29,31,33-45H2,1-3H3,(H,51,54)/b11-8+,17-14+,19-16+,22-20-,23-21+,27-25-,32-30+. The molecule has 0 aliphatic carbocycles. The lowest BCUT2D eigenvalue weighted by molar-refractivity contribution is -0.151. The highest BCUT2D eigenvalue weighted by Crippen LogP contribution is 2.16. The van der Waals surface area contributed by atoms with Crippen LogP contribution in [0.1, 0.15) is 194 Å². The molecule has 0 saturated heterocycles. The SMILES string of the molecule is CC/C=C/C=C/C=C\C=C/C=C/CCCC(CC(=O)NC(CO)C(O)CCCCCCCCCCC)OC(=O)CCCCCCCC/C=C/C=C/CCCCC. The molecule has 320 valence electrons. The van der Waals surface area contributed by atoms with Gasteiger partial charge in [0.25, 0.3) is 0 Å². The molecule has 0 bridgehead atoms. The molecule has 0 heterocycles. The summed E-state index contributed by atoms with van der Waals surface area (Å²) in [7, 11) is 0. The Hall–Kier alpha value is -2.96. The lowest BCUT2D eigenvalue weighted by Gasteiger charge is -2.24. The van der Waals surface area contributed by atoms with Crippen molar-refractivity contribution in [2.45, 2.75) is 212 Å². The Morgan fingerprint density at radius 3 is 1.55 bits per heavy atom. The summed E-state index contributed by atoms with van der Waals surface area (Å²) in [5, 5.41) is 23.5. The molecule has 56 heavy (non-hydrogen) atoms. The maximum Gasteiger partial charge on any atom is 0.306 e. The van der Waals surface area contributed by atoms with Crippen molar-refractivity contribution in [3.05, 3.63) is 85.1 Å². The van der Waals surface area contributed by atoms with Crippen LogP contribution >= 0.6 is 0 Å². The molecule has 0 spiro atoms. The number of aliphatic hydroxyl groups is 2. The van der Waals surface area contributed by atoms with Crippen LogP contribution in [-0.4, -0.2) is 46.9 Å². The Morgan fingerprint density at radius 1 is 0.536 bits per heavy atom. The quantitative estimate of drug-likeness (QED) is 0.0328. The predicted molar refractivity (Wildman–Crippen MR) is 241 cm³/mol. The summed E-state index contributed by atoms with van der Waals surface area (Å²) in [5.74, 6) is -0.570. The molecule has 3 N–H and O–H groups in total. The minimum atomic E-state index is -0.810. The van der Waals surface area contributed by atoms with Crippen molar-refractivity contribution in [2.24, 2.45) is 0 Å². The second kappa shape index (κ2) is 43.2. The van der Waals surface area contributed by atoms with Gasteiger partial charge in [-0.15, -0.1) is 0 Å². The van der Waals surface area contributed by atoms with E-state index in [0.717, 1.165) is 64.2 Å². The zero-order valence-corrected chi connectivity index (χ0v) is 36.2. The van der Waals surface area contributed by atoms with Gasteiger partial charge in [-0.1, -0.05) is 202 Å². The fourth-order valence-corrected chi connectivity index (χ4v) is 6.39. The van der Waals surface area contributed by atoms with Crippen LogP contribution in [0.2, 0.25) is 0 Å². The number of aliphatic hydroxyl groups excluding tert-OH is 2. The first-order valence-electron chi connectivity index (χ1n) is 22.9. The van der Waals surface area contributed by atoms with Crippen molar-refractivity contribution in [1.82, 2.24) is 5.32 Å². The molecule has 0 aromatic rings. The molecule has 0 radical (unpaired) electrons. The number of hydrogen-bond acceptors (Lipinski definition) is 5. The van der Waals surface area contributed by atoms with Crippen LogP contribution in [0.15, 0.2) is 85.1 Å². The number of amides is 1. The van der Waals surface area contributed by atoms with E-state index in [1.807, 2.05) is 48.6 Å². The van der Waals surface area contributed by atoms with E-state index in [9.17, 15) is 19.8 Å². The first-order valence-corrected chi connectivity index (χ1v) is 22.9. The van der Waals surface area contributed by atoms with Gasteiger partial charge in [-0.25, -0.2) is 0 Å². The van der Waals surface area contributed by atoms with Gasteiger partial charge in [0, 0.05) is 6.42 Å². The maximum atomic E-state index is 13.1. The van der Waals surface area contributed by atoms with Gasteiger partial charge in [-0.3, -0.25) is 9.59 Å². The molecule has 0 aromatic carbocycles. The Bertz CT molecular complexity index is 1100. The van der Waals surface area contributed by atoms with Crippen molar-refractivity contribution in [2.75, 3.05) is 6.61 Å². The highest BCUT2D eigenvalue weighted by atomic mass is 16.5. The molecular weight excluding hydrogens is 695 g/mol. The molecule has 0 aromatic heterocycles. The van der Waals surface area contributed by atoms with Crippen LogP contribution < -0.4 is 5.32 Å². The van der Waals surface area contributed by atoms with Gasteiger partial charge in [0.05, 0.1) is 25.2 Å². The second-order valence-corrected chi connectivity index (χ2v) is 15.2. The van der Waals surface area contributed by atoms with E-state index in [1.54, 1.807) is 0 Å². The van der Waals surface area contributed by atoms with E-state index in [2.05, 4.69) is 62.5 Å².